The smallest absolute Gasteiger partial charge is 0.143 e. The molecule has 0 amide bonds. The van der Waals surface area contributed by atoms with E-state index in [0.717, 1.165) is 17.1 Å². The van der Waals surface area contributed by atoms with Gasteiger partial charge in [-0.3, -0.25) is 0 Å². The van der Waals surface area contributed by atoms with Crippen LogP contribution in [0.1, 0.15) is 13.8 Å². The third-order valence-electron chi connectivity index (χ3n) is 3.30. The highest BCUT2D eigenvalue weighted by Gasteiger charge is 2.07. The van der Waals surface area contributed by atoms with Gasteiger partial charge in [0, 0.05) is 16.8 Å². The van der Waals surface area contributed by atoms with Gasteiger partial charge < -0.3 is 15.4 Å². The Morgan fingerprint density at radius 3 is 2.32 bits per heavy atom. The van der Waals surface area contributed by atoms with E-state index < -0.39 is 0 Å². The second-order valence-corrected chi connectivity index (χ2v) is 6.14. The molecular formula is C19H19ClN4O. The zero-order valence-electron chi connectivity index (χ0n) is 14.0. The summed E-state index contributed by atoms with van der Waals surface area (Å²) in [7, 11) is 0. The molecule has 0 aliphatic heterocycles. The lowest BCUT2D eigenvalue weighted by molar-refractivity contribution is 0.244. The van der Waals surface area contributed by atoms with Gasteiger partial charge in [-0.05, 0) is 50.2 Å². The van der Waals surface area contributed by atoms with Crippen LogP contribution in [0.5, 0.6) is 5.75 Å². The average molecular weight is 355 g/mol. The summed E-state index contributed by atoms with van der Waals surface area (Å²) in [5, 5.41) is 7.19. The maximum Gasteiger partial charge on any atom is 0.143 e. The molecule has 0 atom stereocenters. The molecule has 1 aromatic heterocycles. The Balaban J connectivity index is 1.77. The first-order valence-electron chi connectivity index (χ1n) is 7.97. The maximum atomic E-state index is 5.91. The van der Waals surface area contributed by atoms with E-state index in [1.165, 1.54) is 6.33 Å². The Morgan fingerprint density at radius 1 is 0.920 bits per heavy atom. The number of nitrogens with one attached hydrogen (secondary N) is 2. The molecule has 0 bridgehead atoms. The van der Waals surface area contributed by atoms with Crippen molar-refractivity contribution in [1.82, 2.24) is 9.97 Å². The first-order valence-corrected chi connectivity index (χ1v) is 8.35. The monoisotopic (exact) mass is 354 g/mol. The lowest BCUT2D eigenvalue weighted by atomic mass is 10.3. The van der Waals surface area contributed by atoms with Gasteiger partial charge in [-0.15, -0.1) is 0 Å². The van der Waals surface area contributed by atoms with E-state index in [-0.39, 0.29) is 6.10 Å². The second kappa shape index (κ2) is 7.85. The average Bonchev–Trinajstić information content (AvgIpc) is 2.59. The van der Waals surface area contributed by atoms with Crippen LogP contribution in [0.4, 0.5) is 23.0 Å². The van der Waals surface area contributed by atoms with Gasteiger partial charge in [0.1, 0.15) is 23.7 Å². The van der Waals surface area contributed by atoms with Gasteiger partial charge in [0.05, 0.1) is 11.8 Å². The normalized spacial score (nSPS) is 10.6. The standard InChI is InChI=1S/C19H19ClN4O/c1-13(2)25-17-6-4-3-5-16(17)24-19-11-18(21-12-22-19)23-15-9-7-14(20)8-10-15/h3-13H,1-2H3,(H2,21,22,23,24). The van der Waals surface area contributed by atoms with E-state index in [2.05, 4.69) is 20.6 Å². The number of halogens is 1. The zero-order valence-corrected chi connectivity index (χ0v) is 14.8. The van der Waals surface area contributed by atoms with Gasteiger partial charge in [-0.25, -0.2) is 9.97 Å². The Morgan fingerprint density at radius 2 is 1.60 bits per heavy atom. The summed E-state index contributed by atoms with van der Waals surface area (Å²) in [6.07, 6.45) is 1.60. The number of hydrogen-bond donors (Lipinski definition) is 2. The van der Waals surface area contributed by atoms with Gasteiger partial charge in [-0.2, -0.15) is 0 Å². The van der Waals surface area contributed by atoms with Crippen molar-refractivity contribution in [1.29, 1.82) is 0 Å². The molecule has 0 unspecified atom stereocenters. The Bertz CT molecular complexity index is 837. The van der Waals surface area contributed by atoms with Crippen molar-refractivity contribution in [2.75, 3.05) is 10.6 Å². The molecule has 5 nitrogen and oxygen atoms in total. The first-order chi connectivity index (χ1) is 12.1. The molecule has 0 radical (unpaired) electrons. The van der Waals surface area contributed by atoms with Crippen LogP contribution >= 0.6 is 11.6 Å². The summed E-state index contributed by atoms with van der Waals surface area (Å²) in [4.78, 5) is 8.51. The highest BCUT2D eigenvalue weighted by Crippen LogP contribution is 2.28. The summed E-state index contributed by atoms with van der Waals surface area (Å²) in [6, 6.07) is 17.0. The molecule has 0 aliphatic carbocycles. The van der Waals surface area contributed by atoms with Gasteiger partial charge in [0.15, 0.2) is 0 Å². The zero-order chi connectivity index (χ0) is 17.6. The molecule has 0 saturated carbocycles. The van der Waals surface area contributed by atoms with E-state index >= 15 is 0 Å². The topological polar surface area (TPSA) is 59.1 Å². The molecule has 0 saturated heterocycles. The van der Waals surface area contributed by atoms with Crippen molar-refractivity contribution >= 4 is 34.6 Å². The number of anilines is 4. The molecule has 0 spiro atoms. The lowest BCUT2D eigenvalue weighted by Crippen LogP contribution is -2.07. The first kappa shape index (κ1) is 17.0. The summed E-state index contributed by atoms with van der Waals surface area (Å²) in [5.41, 5.74) is 1.75. The molecule has 1 heterocycles. The van der Waals surface area contributed by atoms with Crippen molar-refractivity contribution in [3.8, 4) is 5.75 Å². The quantitative estimate of drug-likeness (QED) is 0.620. The van der Waals surface area contributed by atoms with Crippen LogP contribution in [0.25, 0.3) is 0 Å². The van der Waals surface area contributed by atoms with E-state index in [4.69, 9.17) is 16.3 Å². The Kier molecular flexibility index (Phi) is 5.36. The Labute approximate surface area is 152 Å². The van der Waals surface area contributed by atoms with Crippen molar-refractivity contribution in [3.63, 3.8) is 0 Å². The minimum atomic E-state index is 0.0930. The molecule has 2 N–H and O–H groups in total. The predicted molar refractivity (Wildman–Crippen MR) is 102 cm³/mol. The molecule has 128 valence electrons. The number of hydrogen-bond acceptors (Lipinski definition) is 5. The van der Waals surface area contributed by atoms with Crippen LogP contribution in [-0.4, -0.2) is 16.1 Å². The molecule has 3 aromatic rings. The third kappa shape index (κ3) is 4.84. The Hall–Kier alpha value is -2.79. The van der Waals surface area contributed by atoms with Crippen molar-refractivity contribution in [2.24, 2.45) is 0 Å². The summed E-state index contributed by atoms with van der Waals surface area (Å²) >= 11 is 5.91. The molecule has 2 aromatic carbocycles. The fraction of sp³-hybridized carbons (Fsp3) is 0.158. The molecular weight excluding hydrogens is 336 g/mol. The van der Waals surface area contributed by atoms with Crippen LogP contribution in [0.3, 0.4) is 0 Å². The highest BCUT2D eigenvalue weighted by molar-refractivity contribution is 6.30. The third-order valence-corrected chi connectivity index (χ3v) is 3.55. The van der Waals surface area contributed by atoms with Crippen LogP contribution in [0.2, 0.25) is 5.02 Å². The summed E-state index contributed by atoms with van der Waals surface area (Å²) < 4.78 is 5.82. The van der Waals surface area contributed by atoms with Crippen LogP contribution in [0, 0.1) is 0 Å². The molecule has 0 aliphatic rings. The van der Waals surface area contributed by atoms with Crippen LogP contribution in [-0.2, 0) is 0 Å². The largest absolute Gasteiger partial charge is 0.489 e. The minimum absolute atomic E-state index is 0.0930. The minimum Gasteiger partial charge on any atom is -0.489 e. The maximum absolute atomic E-state index is 5.91. The number of ether oxygens (including phenoxy) is 1. The lowest BCUT2D eigenvalue weighted by Gasteiger charge is -2.15. The predicted octanol–water partition coefficient (Wildman–Crippen LogP) is 5.40. The van der Waals surface area contributed by atoms with Crippen LogP contribution < -0.4 is 15.4 Å². The van der Waals surface area contributed by atoms with E-state index in [9.17, 15) is 0 Å². The fourth-order valence-corrected chi connectivity index (χ4v) is 2.37. The molecule has 0 fully saturated rings. The highest BCUT2D eigenvalue weighted by atomic mass is 35.5. The number of nitrogens with zero attached hydrogens (tertiary/aromatic N) is 2. The van der Waals surface area contributed by atoms with Crippen LogP contribution in [0.15, 0.2) is 60.9 Å². The van der Waals surface area contributed by atoms with Gasteiger partial charge in [-0.1, -0.05) is 23.7 Å². The van der Waals surface area contributed by atoms with Crippen molar-refractivity contribution in [3.05, 3.63) is 65.9 Å². The second-order valence-electron chi connectivity index (χ2n) is 5.71. The van der Waals surface area contributed by atoms with Crippen molar-refractivity contribution in [2.45, 2.75) is 20.0 Å². The number of para-hydroxylation sites is 2. The van der Waals surface area contributed by atoms with E-state index in [1.54, 1.807) is 0 Å². The van der Waals surface area contributed by atoms with Gasteiger partial charge in [0.25, 0.3) is 0 Å². The summed E-state index contributed by atoms with van der Waals surface area (Å²) in [6.45, 7) is 3.99. The van der Waals surface area contributed by atoms with Gasteiger partial charge >= 0.3 is 0 Å². The fourth-order valence-electron chi connectivity index (χ4n) is 2.24. The summed E-state index contributed by atoms with van der Waals surface area (Å²) in [5.74, 6) is 2.14. The molecule has 3 rings (SSSR count). The van der Waals surface area contributed by atoms with Crippen molar-refractivity contribution < 1.29 is 4.74 Å². The van der Waals surface area contributed by atoms with Gasteiger partial charge in [0.2, 0.25) is 0 Å². The number of aromatic nitrogens is 2. The number of benzene rings is 2. The van der Waals surface area contributed by atoms with E-state index in [1.807, 2.05) is 68.4 Å². The SMILES string of the molecule is CC(C)Oc1ccccc1Nc1cc(Nc2ccc(Cl)cc2)ncn1. The molecule has 25 heavy (non-hydrogen) atoms. The van der Waals surface area contributed by atoms with E-state index in [0.29, 0.717) is 16.7 Å². The molecule has 6 heteroatoms. The number of rotatable bonds is 6.